The van der Waals surface area contributed by atoms with Crippen molar-refractivity contribution in [2.45, 2.75) is 13.8 Å². The van der Waals surface area contributed by atoms with Crippen LogP contribution in [0.5, 0.6) is 0 Å². The first kappa shape index (κ1) is 16.1. The van der Waals surface area contributed by atoms with E-state index in [1.165, 1.54) is 24.0 Å². The Morgan fingerprint density at radius 3 is 2.58 bits per heavy atom. The van der Waals surface area contributed by atoms with Crippen LogP contribution < -0.4 is 5.56 Å². The molecule has 3 rings (SSSR count). The van der Waals surface area contributed by atoms with Crippen LogP contribution >= 0.6 is 11.3 Å². The number of fused-ring (bicyclic) bond motifs is 1. The maximum absolute atomic E-state index is 12.3. The molecule has 0 saturated carbocycles. The number of aromatic amines is 1. The minimum Gasteiger partial charge on any atom is -0.465 e. The first-order valence-corrected chi connectivity index (χ1v) is 8.17. The van der Waals surface area contributed by atoms with Gasteiger partial charge in [0.15, 0.2) is 0 Å². The van der Waals surface area contributed by atoms with Crippen molar-refractivity contribution in [3.8, 4) is 0 Å². The first-order valence-electron chi connectivity index (χ1n) is 7.36. The Hall–Kier alpha value is -2.73. The number of aromatic nitrogens is 2. The highest BCUT2D eigenvalue weighted by Gasteiger charge is 2.19. The normalized spacial score (nSPS) is 11.3. The maximum atomic E-state index is 12.3. The van der Waals surface area contributed by atoms with E-state index in [1.54, 1.807) is 13.0 Å². The smallest absolute Gasteiger partial charge is 0.348 e. The number of ether oxygens (including phenoxy) is 1. The Morgan fingerprint density at radius 2 is 1.92 bits per heavy atom. The van der Waals surface area contributed by atoms with Gasteiger partial charge in [-0.1, -0.05) is 35.9 Å². The SMILES string of the molecule is COC(=O)c1sc2nc(/C=C/c3ccc(C)cc3)[nH]c(=O)c2c1C. The minimum atomic E-state index is -0.452. The largest absolute Gasteiger partial charge is 0.465 e. The summed E-state index contributed by atoms with van der Waals surface area (Å²) in [6.45, 7) is 3.75. The molecule has 24 heavy (non-hydrogen) atoms. The number of aryl methyl sites for hydroxylation is 2. The number of rotatable bonds is 3. The van der Waals surface area contributed by atoms with Crippen molar-refractivity contribution >= 4 is 39.7 Å². The number of hydrogen-bond donors (Lipinski definition) is 1. The molecule has 0 aliphatic rings. The summed E-state index contributed by atoms with van der Waals surface area (Å²) in [5.74, 6) is -0.00242. The molecule has 5 nitrogen and oxygen atoms in total. The highest BCUT2D eigenvalue weighted by molar-refractivity contribution is 7.20. The van der Waals surface area contributed by atoms with Crippen LogP contribution in [0.3, 0.4) is 0 Å². The number of thiophene rings is 1. The molecule has 2 aromatic heterocycles. The number of nitrogens with one attached hydrogen (secondary N) is 1. The third kappa shape index (κ3) is 3.00. The van der Waals surface area contributed by atoms with Crippen LogP contribution in [-0.2, 0) is 4.74 Å². The number of hydrogen-bond acceptors (Lipinski definition) is 5. The van der Waals surface area contributed by atoms with E-state index in [2.05, 4.69) is 9.97 Å². The summed E-state index contributed by atoms with van der Waals surface area (Å²) in [5.41, 5.74) is 2.54. The van der Waals surface area contributed by atoms with Gasteiger partial charge in [0.2, 0.25) is 0 Å². The minimum absolute atomic E-state index is 0.257. The molecule has 6 heteroatoms. The molecule has 2 heterocycles. The predicted molar refractivity (Wildman–Crippen MR) is 96.4 cm³/mol. The molecule has 1 N–H and O–H groups in total. The Morgan fingerprint density at radius 1 is 1.21 bits per heavy atom. The quantitative estimate of drug-likeness (QED) is 0.740. The summed E-state index contributed by atoms with van der Waals surface area (Å²) >= 11 is 1.17. The third-order valence-corrected chi connectivity index (χ3v) is 4.87. The number of methoxy groups -OCH3 is 1. The maximum Gasteiger partial charge on any atom is 0.348 e. The summed E-state index contributed by atoms with van der Waals surface area (Å²) in [7, 11) is 1.32. The number of H-pyrrole nitrogens is 1. The van der Waals surface area contributed by atoms with Gasteiger partial charge in [0.25, 0.3) is 5.56 Å². The number of carbonyl (C=O) groups is 1. The number of esters is 1. The van der Waals surface area contributed by atoms with Gasteiger partial charge in [-0.05, 0) is 31.1 Å². The van der Waals surface area contributed by atoms with Gasteiger partial charge in [0.1, 0.15) is 15.5 Å². The van der Waals surface area contributed by atoms with Crippen LogP contribution in [0.4, 0.5) is 0 Å². The molecule has 122 valence electrons. The summed E-state index contributed by atoms with van der Waals surface area (Å²) in [4.78, 5) is 32.2. The van der Waals surface area contributed by atoms with Crippen molar-refractivity contribution < 1.29 is 9.53 Å². The number of benzene rings is 1. The molecular weight excluding hydrogens is 324 g/mol. The summed E-state index contributed by atoms with van der Waals surface area (Å²) in [6.07, 6.45) is 3.63. The van der Waals surface area contributed by atoms with Gasteiger partial charge in [0, 0.05) is 0 Å². The molecule has 0 aliphatic heterocycles. The van der Waals surface area contributed by atoms with Crippen LogP contribution in [0.15, 0.2) is 29.1 Å². The fraction of sp³-hybridized carbons (Fsp3) is 0.167. The zero-order valence-electron chi connectivity index (χ0n) is 13.5. The highest BCUT2D eigenvalue weighted by atomic mass is 32.1. The van der Waals surface area contributed by atoms with E-state index in [0.29, 0.717) is 26.5 Å². The molecule has 0 radical (unpaired) electrons. The number of carbonyl (C=O) groups excluding carboxylic acids is 1. The molecule has 0 unspecified atom stereocenters. The lowest BCUT2D eigenvalue weighted by Crippen LogP contribution is -2.09. The van der Waals surface area contributed by atoms with Gasteiger partial charge >= 0.3 is 5.97 Å². The zero-order valence-corrected chi connectivity index (χ0v) is 14.4. The third-order valence-electron chi connectivity index (χ3n) is 3.70. The summed E-state index contributed by atoms with van der Waals surface area (Å²) in [6, 6.07) is 8.02. The zero-order chi connectivity index (χ0) is 17.3. The van der Waals surface area contributed by atoms with E-state index < -0.39 is 5.97 Å². The lowest BCUT2D eigenvalue weighted by molar-refractivity contribution is 0.0605. The van der Waals surface area contributed by atoms with E-state index in [1.807, 2.05) is 37.3 Å². The molecule has 0 saturated heterocycles. The monoisotopic (exact) mass is 340 g/mol. The molecule has 0 amide bonds. The molecular formula is C18H16N2O3S. The van der Waals surface area contributed by atoms with Gasteiger partial charge in [-0.2, -0.15) is 0 Å². The van der Waals surface area contributed by atoms with Crippen LogP contribution in [-0.4, -0.2) is 23.0 Å². The standard InChI is InChI=1S/C18H16N2O3S/c1-10-4-6-12(7-5-10)8-9-13-19-16(21)14-11(2)15(18(22)23-3)24-17(14)20-13/h4-9H,1-3H3,(H,19,20,21)/b9-8+. The van der Waals surface area contributed by atoms with Crippen molar-refractivity contribution in [3.05, 3.63) is 62.0 Å². The Labute approximate surface area is 142 Å². The van der Waals surface area contributed by atoms with Gasteiger partial charge < -0.3 is 9.72 Å². The molecule has 0 atom stereocenters. The lowest BCUT2D eigenvalue weighted by atomic mass is 10.1. The van der Waals surface area contributed by atoms with Gasteiger partial charge in [0.05, 0.1) is 12.5 Å². The van der Waals surface area contributed by atoms with E-state index >= 15 is 0 Å². The molecule has 0 aliphatic carbocycles. The second-order valence-corrected chi connectivity index (χ2v) is 6.42. The Balaban J connectivity index is 2.03. The van der Waals surface area contributed by atoms with E-state index in [4.69, 9.17) is 4.74 Å². The topological polar surface area (TPSA) is 72.0 Å². The second kappa shape index (κ2) is 6.41. The van der Waals surface area contributed by atoms with Crippen molar-refractivity contribution in [1.29, 1.82) is 0 Å². The van der Waals surface area contributed by atoms with Crippen molar-refractivity contribution in [1.82, 2.24) is 9.97 Å². The molecule has 0 bridgehead atoms. The predicted octanol–water partition coefficient (Wildman–Crippen LogP) is 3.56. The van der Waals surface area contributed by atoms with E-state index in [9.17, 15) is 9.59 Å². The molecule has 0 spiro atoms. The molecule has 1 aromatic carbocycles. The van der Waals surface area contributed by atoms with Gasteiger partial charge in [-0.25, -0.2) is 9.78 Å². The van der Waals surface area contributed by atoms with Crippen LogP contribution in [0.2, 0.25) is 0 Å². The number of nitrogens with zero attached hydrogens (tertiary/aromatic N) is 1. The average Bonchev–Trinajstić information content (AvgIpc) is 2.91. The van der Waals surface area contributed by atoms with E-state index in [0.717, 1.165) is 5.56 Å². The molecule has 0 fully saturated rings. The Kier molecular flexibility index (Phi) is 4.31. The van der Waals surface area contributed by atoms with E-state index in [-0.39, 0.29) is 5.56 Å². The van der Waals surface area contributed by atoms with Crippen molar-refractivity contribution in [3.63, 3.8) is 0 Å². The van der Waals surface area contributed by atoms with Crippen molar-refractivity contribution in [2.24, 2.45) is 0 Å². The van der Waals surface area contributed by atoms with Crippen LogP contribution in [0.1, 0.15) is 32.2 Å². The van der Waals surface area contributed by atoms with Gasteiger partial charge in [-0.15, -0.1) is 11.3 Å². The molecule has 3 aromatic rings. The fourth-order valence-corrected chi connectivity index (χ4v) is 3.49. The highest BCUT2D eigenvalue weighted by Crippen LogP contribution is 2.27. The van der Waals surface area contributed by atoms with Crippen LogP contribution in [0, 0.1) is 13.8 Å². The van der Waals surface area contributed by atoms with Crippen LogP contribution in [0.25, 0.3) is 22.4 Å². The average molecular weight is 340 g/mol. The second-order valence-electron chi connectivity index (χ2n) is 5.42. The van der Waals surface area contributed by atoms with Gasteiger partial charge in [-0.3, -0.25) is 4.79 Å². The fourth-order valence-electron chi connectivity index (χ4n) is 2.38. The summed E-state index contributed by atoms with van der Waals surface area (Å²) < 4.78 is 4.75. The lowest BCUT2D eigenvalue weighted by Gasteiger charge is -1.97. The summed E-state index contributed by atoms with van der Waals surface area (Å²) in [5, 5.41) is 0.438. The first-order chi connectivity index (χ1) is 11.5. The van der Waals surface area contributed by atoms with Crippen molar-refractivity contribution in [2.75, 3.05) is 7.11 Å². The Bertz CT molecular complexity index is 998.